The van der Waals surface area contributed by atoms with Crippen molar-refractivity contribution in [2.24, 2.45) is 5.92 Å². The third-order valence-electron chi connectivity index (χ3n) is 4.18. The third kappa shape index (κ3) is 10.4. The predicted molar refractivity (Wildman–Crippen MR) is 119 cm³/mol. The molecule has 0 bridgehead atoms. The average molecular weight is 449 g/mol. The van der Waals surface area contributed by atoms with Crippen LogP contribution in [-0.4, -0.2) is 39.5 Å². The van der Waals surface area contributed by atoms with Crippen LogP contribution in [-0.2, 0) is 29.3 Å². The van der Waals surface area contributed by atoms with Crippen molar-refractivity contribution < 1.29 is 39.8 Å². The fraction of sp³-hybridized carbons (Fsp3) is 0.826. The van der Waals surface area contributed by atoms with Gasteiger partial charge in [-0.3, -0.25) is 10.5 Å². The first-order valence-electron chi connectivity index (χ1n) is 10.8. The molecule has 0 spiro atoms. The highest BCUT2D eigenvalue weighted by molar-refractivity contribution is 5.39. The Kier molecular flexibility index (Phi) is 11.9. The lowest BCUT2D eigenvalue weighted by atomic mass is 9.78. The van der Waals surface area contributed by atoms with E-state index < -0.39 is 22.4 Å². The molecular formula is C23H44O8. The molecule has 0 aliphatic heterocycles. The van der Waals surface area contributed by atoms with Gasteiger partial charge in [-0.2, -0.15) is 4.89 Å². The van der Waals surface area contributed by atoms with Crippen LogP contribution < -0.4 is 0 Å². The van der Waals surface area contributed by atoms with Gasteiger partial charge in [0, 0.05) is 0 Å². The molecule has 31 heavy (non-hydrogen) atoms. The molecule has 1 rings (SSSR count). The van der Waals surface area contributed by atoms with Gasteiger partial charge in [0.05, 0.1) is 17.8 Å². The summed E-state index contributed by atoms with van der Waals surface area (Å²) in [5.74, 6) is 0.641. The first-order valence-corrected chi connectivity index (χ1v) is 10.8. The van der Waals surface area contributed by atoms with E-state index in [0.29, 0.717) is 12.4 Å². The Morgan fingerprint density at radius 1 is 0.871 bits per heavy atom. The first kappa shape index (κ1) is 30.0. The van der Waals surface area contributed by atoms with Gasteiger partial charge in [0.1, 0.15) is 5.60 Å². The fourth-order valence-electron chi connectivity index (χ4n) is 2.70. The topological polar surface area (TPSA) is 95.8 Å². The maximum atomic E-state index is 6.00. The van der Waals surface area contributed by atoms with E-state index in [1.807, 2.05) is 67.5 Å². The molecule has 0 radical (unpaired) electrons. The van der Waals surface area contributed by atoms with E-state index in [1.54, 1.807) is 0 Å². The minimum atomic E-state index is -0.969. The Hall–Kier alpha value is -1.00. The first-order chi connectivity index (χ1) is 14.1. The molecule has 0 saturated heterocycles. The van der Waals surface area contributed by atoms with Crippen LogP contribution in [0.2, 0.25) is 0 Å². The van der Waals surface area contributed by atoms with Crippen molar-refractivity contribution in [2.45, 2.75) is 111 Å². The lowest BCUT2D eigenvalue weighted by molar-refractivity contribution is -0.404. The van der Waals surface area contributed by atoms with Crippen LogP contribution in [0, 0.1) is 5.92 Å². The summed E-state index contributed by atoms with van der Waals surface area (Å²) in [5.41, 5.74) is -1.73. The maximum Gasteiger partial charge on any atom is 0.180 e. The quantitative estimate of drug-likeness (QED) is 0.175. The second kappa shape index (κ2) is 12.3. The van der Waals surface area contributed by atoms with Crippen LogP contribution in [0.1, 0.15) is 89.0 Å². The van der Waals surface area contributed by atoms with E-state index in [4.69, 9.17) is 39.8 Å². The van der Waals surface area contributed by atoms with Crippen LogP contribution >= 0.6 is 0 Å². The summed E-state index contributed by atoms with van der Waals surface area (Å²) in [5, 5.41) is 12.0. The summed E-state index contributed by atoms with van der Waals surface area (Å²) in [6.07, 6.45) is 5.75. The van der Waals surface area contributed by atoms with Crippen molar-refractivity contribution in [1.29, 1.82) is 0 Å². The molecule has 1 aliphatic carbocycles. The van der Waals surface area contributed by atoms with Crippen LogP contribution in [0.5, 0.6) is 0 Å². The summed E-state index contributed by atoms with van der Waals surface area (Å²) in [6, 6.07) is 0. The van der Waals surface area contributed by atoms with Crippen molar-refractivity contribution >= 4 is 0 Å². The summed E-state index contributed by atoms with van der Waals surface area (Å²) < 4.78 is 0. The van der Waals surface area contributed by atoms with E-state index in [9.17, 15) is 0 Å². The molecule has 184 valence electrons. The lowest BCUT2D eigenvalue weighted by Gasteiger charge is -2.41. The van der Waals surface area contributed by atoms with Gasteiger partial charge in [0.25, 0.3) is 0 Å². The molecule has 8 heteroatoms. The highest BCUT2D eigenvalue weighted by Crippen LogP contribution is 2.42. The van der Waals surface area contributed by atoms with Crippen LogP contribution in [0.3, 0.4) is 0 Å². The van der Waals surface area contributed by atoms with E-state index >= 15 is 0 Å². The lowest BCUT2D eigenvalue weighted by Crippen LogP contribution is -2.45. The Morgan fingerprint density at radius 3 is 1.77 bits per heavy atom. The van der Waals surface area contributed by atoms with Gasteiger partial charge in [0.15, 0.2) is 11.4 Å². The summed E-state index contributed by atoms with van der Waals surface area (Å²) in [7, 11) is 0. The predicted octanol–water partition coefficient (Wildman–Crippen LogP) is 6.24. The monoisotopic (exact) mass is 448 g/mol. The van der Waals surface area contributed by atoms with Crippen molar-refractivity contribution in [1.82, 2.24) is 0 Å². The van der Waals surface area contributed by atoms with E-state index in [1.165, 1.54) is 0 Å². The SMILES string of the molecule is CCCCOOC1=CC(C)(OOC(C)(C)C)C(C(C)C)=CC1(C)OOC(C)(C)C.OO. The van der Waals surface area contributed by atoms with Crippen LogP contribution in [0.25, 0.3) is 0 Å². The molecular weight excluding hydrogens is 404 g/mol. The van der Waals surface area contributed by atoms with Gasteiger partial charge in [-0.15, -0.1) is 0 Å². The summed E-state index contributed by atoms with van der Waals surface area (Å²) in [6.45, 7) is 22.2. The Balaban J connectivity index is 0.00000436. The second-order valence-corrected chi connectivity index (χ2v) is 10.3. The molecule has 2 N–H and O–H groups in total. The molecule has 1 aliphatic rings. The largest absolute Gasteiger partial charge is 0.339 e. The zero-order chi connectivity index (χ0) is 24.5. The number of hydrogen-bond donors (Lipinski definition) is 2. The minimum absolute atomic E-state index is 0.180. The number of hydrogen-bond acceptors (Lipinski definition) is 8. The van der Waals surface area contributed by atoms with E-state index in [0.717, 1.165) is 18.4 Å². The third-order valence-corrected chi connectivity index (χ3v) is 4.18. The second-order valence-electron chi connectivity index (χ2n) is 10.3. The average Bonchev–Trinajstić information content (AvgIpc) is 2.65. The van der Waals surface area contributed by atoms with Gasteiger partial charge in [-0.05, 0) is 85.5 Å². The minimum Gasteiger partial charge on any atom is -0.339 e. The van der Waals surface area contributed by atoms with Crippen LogP contribution in [0.4, 0.5) is 0 Å². The molecule has 0 aromatic heterocycles. The Morgan fingerprint density at radius 2 is 1.35 bits per heavy atom. The molecule has 0 amide bonds. The molecule has 8 nitrogen and oxygen atoms in total. The molecule has 2 atom stereocenters. The summed E-state index contributed by atoms with van der Waals surface area (Å²) in [4.78, 5) is 34.3. The van der Waals surface area contributed by atoms with Crippen molar-refractivity contribution in [3.8, 4) is 0 Å². The molecule has 0 aromatic carbocycles. The highest BCUT2D eigenvalue weighted by atomic mass is 17.2. The highest BCUT2D eigenvalue weighted by Gasteiger charge is 2.46. The zero-order valence-electron chi connectivity index (χ0n) is 21.2. The standard InChI is InChI=1S/C23H42O6.H2O2/c1-12-13-14-24-25-19-16-22(10,28-26-20(4,5)6)18(17(2)3)15-23(19,11)29-27-21(7,8)9;1-2/h15-17H,12-14H2,1-11H3;1-2H. The molecule has 0 heterocycles. The van der Waals surface area contributed by atoms with Crippen molar-refractivity contribution in [3.05, 3.63) is 23.5 Å². The zero-order valence-corrected chi connectivity index (χ0v) is 21.2. The maximum absolute atomic E-state index is 6.00. The molecule has 0 saturated carbocycles. The van der Waals surface area contributed by atoms with E-state index in [2.05, 4.69) is 20.8 Å². The normalized spacial score (nSPS) is 24.3. The number of rotatable bonds is 10. The van der Waals surface area contributed by atoms with Gasteiger partial charge in [-0.1, -0.05) is 27.2 Å². The Labute approximate surface area is 187 Å². The van der Waals surface area contributed by atoms with Crippen LogP contribution in [0.15, 0.2) is 23.5 Å². The number of unbranched alkanes of at least 4 members (excludes halogenated alkanes) is 1. The molecule has 0 fully saturated rings. The fourth-order valence-corrected chi connectivity index (χ4v) is 2.70. The van der Waals surface area contributed by atoms with Crippen molar-refractivity contribution in [3.63, 3.8) is 0 Å². The smallest absolute Gasteiger partial charge is 0.180 e. The van der Waals surface area contributed by atoms with Gasteiger partial charge < -0.3 is 4.89 Å². The van der Waals surface area contributed by atoms with Crippen molar-refractivity contribution in [2.75, 3.05) is 6.61 Å². The van der Waals surface area contributed by atoms with Gasteiger partial charge in [0.2, 0.25) is 0 Å². The van der Waals surface area contributed by atoms with Gasteiger partial charge in [-0.25, -0.2) is 19.6 Å². The van der Waals surface area contributed by atoms with Gasteiger partial charge >= 0.3 is 0 Å². The summed E-state index contributed by atoms with van der Waals surface area (Å²) >= 11 is 0. The molecule has 2 unspecified atom stereocenters. The van der Waals surface area contributed by atoms with E-state index in [-0.39, 0.29) is 5.92 Å². The molecule has 0 aromatic rings. The Bertz CT molecular complexity index is 585.